The van der Waals surface area contributed by atoms with Crippen molar-refractivity contribution in [2.24, 2.45) is 0 Å². The van der Waals surface area contributed by atoms with E-state index >= 15 is 0 Å². The molecule has 24 heavy (non-hydrogen) atoms. The average Bonchev–Trinajstić information content (AvgIpc) is 3.10. The number of anilines is 1. The Morgan fingerprint density at radius 1 is 1.38 bits per heavy atom. The lowest BCUT2D eigenvalue weighted by Gasteiger charge is -2.34. The molecule has 1 N–H and O–H groups in total. The molecular weight excluding hydrogens is 306 g/mol. The van der Waals surface area contributed by atoms with Crippen molar-refractivity contribution in [3.8, 4) is 0 Å². The zero-order valence-electron chi connectivity index (χ0n) is 13.9. The number of hydrogen-bond acceptors (Lipinski definition) is 5. The minimum absolute atomic E-state index is 0.0371. The maximum absolute atomic E-state index is 12.2. The van der Waals surface area contributed by atoms with Crippen molar-refractivity contribution >= 4 is 11.6 Å². The van der Waals surface area contributed by atoms with E-state index in [1.165, 1.54) is 5.69 Å². The summed E-state index contributed by atoms with van der Waals surface area (Å²) in [6.45, 7) is 4.78. The highest BCUT2D eigenvalue weighted by molar-refractivity contribution is 5.92. The average molecular weight is 329 g/mol. The van der Waals surface area contributed by atoms with Gasteiger partial charge in [0.25, 0.3) is 5.91 Å². The van der Waals surface area contributed by atoms with E-state index in [0.29, 0.717) is 18.8 Å². The molecule has 6 nitrogen and oxygen atoms in total. The van der Waals surface area contributed by atoms with Crippen LogP contribution in [-0.4, -0.2) is 43.4 Å². The molecule has 1 atom stereocenters. The number of nitrogens with zero attached hydrogens (tertiary/aromatic N) is 2. The van der Waals surface area contributed by atoms with Crippen LogP contribution in [0.15, 0.2) is 40.9 Å². The van der Waals surface area contributed by atoms with Crippen molar-refractivity contribution < 1.29 is 14.1 Å². The van der Waals surface area contributed by atoms with Crippen molar-refractivity contribution in [2.45, 2.75) is 25.9 Å². The van der Waals surface area contributed by atoms with E-state index in [-0.39, 0.29) is 12.0 Å². The van der Waals surface area contributed by atoms with Gasteiger partial charge in [-0.15, -0.1) is 0 Å². The highest BCUT2D eigenvalue weighted by Gasteiger charge is 2.22. The molecule has 1 unspecified atom stereocenters. The third kappa shape index (κ3) is 4.14. The van der Waals surface area contributed by atoms with Crippen LogP contribution in [0, 0.1) is 0 Å². The van der Waals surface area contributed by atoms with Gasteiger partial charge in [-0.25, -0.2) is 0 Å². The van der Waals surface area contributed by atoms with Crippen LogP contribution in [0.3, 0.4) is 0 Å². The molecule has 1 fully saturated rings. The molecular formula is C18H23N3O3. The number of aromatic nitrogens is 1. The van der Waals surface area contributed by atoms with Gasteiger partial charge >= 0.3 is 0 Å². The van der Waals surface area contributed by atoms with Gasteiger partial charge in [0.1, 0.15) is 5.76 Å². The molecule has 128 valence electrons. The minimum atomic E-state index is -0.221. The third-order valence-electron chi connectivity index (χ3n) is 4.04. The molecule has 1 aliphatic rings. The maximum atomic E-state index is 12.2. The van der Waals surface area contributed by atoms with Crippen LogP contribution in [0.25, 0.3) is 0 Å². The van der Waals surface area contributed by atoms with Crippen LogP contribution < -0.4 is 10.2 Å². The quantitative estimate of drug-likeness (QED) is 0.880. The van der Waals surface area contributed by atoms with E-state index in [9.17, 15) is 4.79 Å². The number of para-hydroxylation sites is 1. The molecule has 0 radical (unpaired) electrons. The summed E-state index contributed by atoms with van der Waals surface area (Å²) in [5.41, 5.74) is 1.51. The SMILES string of the molecule is CCCc1cc(C(=O)NCC2CN(c3ccccc3)CCO2)no1. The maximum Gasteiger partial charge on any atom is 0.273 e. The van der Waals surface area contributed by atoms with E-state index < -0.39 is 0 Å². The fourth-order valence-corrected chi connectivity index (χ4v) is 2.80. The number of aryl methyl sites for hydroxylation is 1. The predicted molar refractivity (Wildman–Crippen MR) is 91.2 cm³/mol. The third-order valence-corrected chi connectivity index (χ3v) is 4.04. The molecule has 0 bridgehead atoms. The molecule has 6 heteroatoms. The van der Waals surface area contributed by atoms with Gasteiger partial charge in [0.15, 0.2) is 5.69 Å². The first-order valence-electron chi connectivity index (χ1n) is 8.41. The molecule has 1 amide bonds. The predicted octanol–water partition coefficient (Wildman–Crippen LogP) is 2.26. The molecule has 2 aromatic rings. The first-order valence-corrected chi connectivity index (χ1v) is 8.41. The van der Waals surface area contributed by atoms with Crippen LogP contribution >= 0.6 is 0 Å². The second kappa shape index (κ2) is 7.97. The summed E-state index contributed by atoms with van der Waals surface area (Å²) in [5, 5.41) is 6.71. The number of amides is 1. The summed E-state index contributed by atoms with van der Waals surface area (Å²) in [5.74, 6) is 0.522. The largest absolute Gasteiger partial charge is 0.373 e. The molecule has 2 heterocycles. The summed E-state index contributed by atoms with van der Waals surface area (Å²) in [6.07, 6.45) is 1.71. The lowest BCUT2D eigenvalue weighted by molar-refractivity contribution is 0.0396. The molecule has 0 spiro atoms. The summed E-state index contributed by atoms with van der Waals surface area (Å²) in [7, 11) is 0. The smallest absolute Gasteiger partial charge is 0.273 e. The number of ether oxygens (including phenoxy) is 1. The molecule has 0 saturated carbocycles. The van der Waals surface area contributed by atoms with E-state index in [1.54, 1.807) is 6.07 Å². The molecule has 1 aromatic carbocycles. The van der Waals surface area contributed by atoms with Crippen molar-refractivity contribution in [1.29, 1.82) is 0 Å². The summed E-state index contributed by atoms with van der Waals surface area (Å²) in [6, 6.07) is 11.9. The zero-order valence-corrected chi connectivity index (χ0v) is 13.9. The van der Waals surface area contributed by atoms with E-state index in [2.05, 4.69) is 34.4 Å². The number of carbonyl (C=O) groups is 1. The van der Waals surface area contributed by atoms with Crippen LogP contribution in [0.2, 0.25) is 0 Å². The Bertz CT molecular complexity index is 657. The highest BCUT2D eigenvalue weighted by Crippen LogP contribution is 2.16. The second-order valence-corrected chi connectivity index (χ2v) is 5.91. The topological polar surface area (TPSA) is 67.6 Å². The zero-order chi connectivity index (χ0) is 16.8. The summed E-state index contributed by atoms with van der Waals surface area (Å²) < 4.78 is 10.9. The van der Waals surface area contributed by atoms with Gasteiger partial charge in [0, 0.05) is 37.8 Å². The Morgan fingerprint density at radius 3 is 3.00 bits per heavy atom. The lowest BCUT2D eigenvalue weighted by Crippen LogP contribution is -2.47. The first kappa shape index (κ1) is 16.5. The molecule has 1 saturated heterocycles. The van der Waals surface area contributed by atoms with Gasteiger partial charge in [-0.2, -0.15) is 0 Å². The van der Waals surface area contributed by atoms with Gasteiger partial charge in [-0.3, -0.25) is 4.79 Å². The molecule has 0 aliphatic carbocycles. The fraction of sp³-hybridized carbons (Fsp3) is 0.444. The second-order valence-electron chi connectivity index (χ2n) is 5.91. The summed E-state index contributed by atoms with van der Waals surface area (Å²) in [4.78, 5) is 14.4. The van der Waals surface area contributed by atoms with Crippen LogP contribution in [0.5, 0.6) is 0 Å². The van der Waals surface area contributed by atoms with Gasteiger partial charge in [-0.1, -0.05) is 30.3 Å². The standard InChI is InChI=1S/C18H23N3O3/c1-2-6-15-11-17(20-24-15)18(22)19-12-16-13-21(9-10-23-16)14-7-4-3-5-8-14/h3-5,7-8,11,16H,2,6,9-10,12-13H2,1H3,(H,19,22). The monoisotopic (exact) mass is 329 g/mol. The number of carbonyl (C=O) groups excluding carboxylic acids is 1. The number of nitrogens with one attached hydrogen (secondary N) is 1. The van der Waals surface area contributed by atoms with Gasteiger partial charge in [-0.05, 0) is 18.6 Å². The Kier molecular flexibility index (Phi) is 5.48. The molecule has 3 rings (SSSR count). The molecule has 1 aliphatic heterocycles. The van der Waals surface area contributed by atoms with Gasteiger partial charge in [0.2, 0.25) is 0 Å². The molecule has 1 aromatic heterocycles. The van der Waals surface area contributed by atoms with Crippen molar-refractivity contribution in [3.05, 3.63) is 47.9 Å². The lowest BCUT2D eigenvalue weighted by atomic mass is 10.2. The minimum Gasteiger partial charge on any atom is -0.373 e. The Labute approximate surface area is 141 Å². The Hall–Kier alpha value is -2.34. The van der Waals surface area contributed by atoms with E-state index in [0.717, 1.165) is 31.7 Å². The Morgan fingerprint density at radius 2 is 2.21 bits per heavy atom. The number of hydrogen-bond donors (Lipinski definition) is 1. The van der Waals surface area contributed by atoms with Crippen molar-refractivity contribution in [3.63, 3.8) is 0 Å². The van der Waals surface area contributed by atoms with Crippen LogP contribution in [0.4, 0.5) is 5.69 Å². The number of benzene rings is 1. The van der Waals surface area contributed by atoms with Crippen LogP contribution in [0.1, 0.15) is 29.6 Å². The van der Waals surface area contributed by atoms with Crippen molar-refractivity contribution in [1.82, 2.24) is 10.5 Å². The Balaban J connectivity index is 1.51. The van der Waals surface area contributed by atoms with Crippen molar-refractivity contribution in [2.75, 3.05) is 31.1 Å². The van der Waals surface area contributed by atoms with E-state index in [1.807, 2.05) is 18.2 Å². The fourth-order valence-electron chi connectivity index (χ4n) is 2.80. The van der Waals surface area contributed by atoms with Crippen LogP contribution in [-0.2, 0) is 11.2 Å². The highest BCUT2D eigenvalue weighted by atomic mass is 16.5. The number of morpholine rings is 1. The van der Waals surface area contributed by atoms with Gasteiger partial charge < -0.3 is 19.5 Å². The van der Waals surface area contributed by atoms with Gasteiger partial charge in [0.05, 0.1) is 12.7 Å². The number of rotatable bonds is 6. The normalized spacial score (nSPS) is 17.7. The first-order chi connectivity index (χ1) is 11.8. The summed E-state index contributed by atoms with van der Waals surface area (Å²) >= 11 is 0. The van der Waals surface area contributed by atoms with E-state index in [4.69, 9.17) is 9.26 Å².